The van der Waals surface area contributed by atoms with Crippen LogP contribution in [0.3, 0.4) is 0 Å². The van der Waals surface area contributed by atoms with Gasteiger partial charge in [-0.05, 0) is 12.0 Å². The largest absolute Gasteiger partial charge is 0.481 e. The molecule has 0 aromatic carbocycles. The normalized spacial score (nSPS) is 10.6. The number of carboxylic acid groups (broad SMARTS) is 1. The van der Waals surface area contributed by atoms with Crippen LogP contribution in [0, 0.1) is 0 Å². The Bertz CT molecular complexity index is 610. The van der Waals surface area contributed by atoms with Gasteiger partial charge in [0.25, 0.3) is 0 Å². The molecule has 0 aliphatic heterocycles. The zero-order valence-electron chi connectivity index (χ0n) is 11.9. The molecule has 21 heavy (non-hydrogen) atoms. The Labute approximate surface area is 127 Å². The number of aliphatic carboxylic acids is 1. The average Bonchev–Trinajstić information content (AvgIpc) is 2.88. The molecule has 0 unspecified atom stereocenters. The van der Waals surface area contributed by atoms with E-state index in [1.54, 1.807) is 19.5 Å². The minimum atomic E-state index is -0.848. The Balaban J connectivity index is 2.19. The van der Waals surface area contributed by atoms with E-state index in [2.05, 4.69) is 9.97 Å². The van der Waals surface area contributed by atoms with Gasteiger partial charge in [0.2, 0.25) is 5.88 Å². The molecule has 7 heteroatoms. The number of hydrogen-bond donors (Lipinski definition) is 1. The molecule has 0 radical (unpaired) electrons. The highest BCUT2D eigenvalue weighted by Gasteiger charge is 2.11. The van der Waals surface area contributed by atoms with Crippen molar-refractivity contribution in [2.45, 2.75) is 25.0 Å². The lowest BCUT2D eigenvalue weighted by molar-refractivity contribution is -0.133. The van der Waals surface area contributed by atoms with Gasteiger partial charge in [-0.2, -0.15) is 0 Å². The summed E-state index contributed by atoms with van der Waals surface area (Å²) in [6.07, 6.45) is 4.38. The third-order valence-corrected chi connectivity index (χ3v) is 3.91. The number of carbonyl (C=O) groups is 1. The van der Waals surface area contributed by atoms with Crippen LogP contribution in [0.15, 0.2) is 29.7 Å². The van der Waals surface area contributed by atoms with Gasteiger partial charge in [0.05, 0.1) is 19.4 Å². The first kappa shape index (κ1) is 15.4. The predicted octanol–water partition coefficient (Wildman–Crippen LogP) is 2.07. The Hall–Kier alpha value is -2.02. The number of hydrogen-bond acceptors (Lipinski definition) is 5. The summed E-state index contributed by atoms with van der Waals surface area (Å²) in [6, 6.07) is 3.75. The Kier molecular flexibility index (Phi) is 5.21. The second-order valence-corrected chi connectivity index (χ2v) is 5.31. The number of ether oxygens (including phenoxy) is 1. The molecule has 0 fully saturated rings. The molecule has 0 saturated heterocycles. The summed E-state index contributed by atoms with van der Waals surface area (Å²) in [4.78, 5) is 19.2. The van der Waals surface area contributed by atoms with Crippen molar-refractivity contribution in [2.75, 3.05) is 12.9 Å². The number of aryl methyl sites for hydroxylation is 1. The van der Waals surface area contributed by atoms with Crippen LogP contribution in [0.4, 0.5) is 0 Å². The number of carboxylic acids is 1. The van der Waals surface area contributed by atoms with Crippen molar-refractivity contribution in [3.8, 4) is 5.88 Å². The lowest BCUT2D eigenvalue weighted by atomic mass is 10.2. The Morgan fingerprint density at radius 3 is 2.76 bits per heavy atom. The number of rotatable bonds is 7. The zero-order valence-corrected chi connectivity index (χ0v) is 12.8. The van der Waals surface area contributed by atoms with E-state index in [1.807, 2.05) is 23.6 Å². The minimum absolute atomic E-state index is 0.00102. The second-order valence-electron chi connectivity index (χ2n) is 4.36. The number of aromatic nitrogens is 3. The summed E-state index contributed by atoms with van der Waals surface area (Å²) in [5, 5.41) is 9.51. The summed E-state index contributed by atoms with van der Waals surface area (Å²) in [7, 11) is 1.58. The smallest absolute Gasteiger partial charge is 0.313 e. The second kappa shape index (κ2) is 7.12. The summed E-state index contributed by atoms with van der Waals surface area (Å²) in [5.74, 6) is -0.277. The summed E-state index contributed by atoms with van der Waals surface area (Å²) < 4.78 is 7.06. The third-order valence-electron chi connectivity index (χ3n) is 2.94. The van der Waals surface area contributed by atoms with Gasteiger partial charge in [-0.15, -0.1) is 0 Å². The number of nitrogens with zero attached hydrogens (tertiary/aromatic N) is 3. The van der Waals surface area contributed by atoms with E-state index in [0.29, 0.717) is 17.6 Å². The van der Waals surface area contributed by atoms with Crippen LogP contribution in [0.25, 0.3) is 0 Å². The zero-order chi connectivity index (χ0) is 15.2. The maximum atomic E-state index is 10.7. The topological polar surface area (TPSA) is 77.2 Å². The molecule has 112 valence electrons. The van der Waals surface area contributed by atoms with Gasteiger partial charge in [0.1, 0.15) is 0 Å². The molecule has 2 aromatic rings. The Morgan fingerprint density at radius 2 is 2.19 bits per heavy atom. The highest BCUT2D eigenvalue weighted by Crippen LogP contribution is 2.20. The van der Waals surface area contributed by atoms with Crippen molar-refractivity contribution in [2.24, 2.45) is 0 Å². The molecule has 1 N–H and O–H groups in total. The Morgan fingerprint density at radius 1 is 1.38 bits per heavy atom. The van der Waals surface area contributed by atoms with Crippen molar-refractivity contribution in [1.29, 1.82) is 0 Å². The first-order valence-electron chi connectivity index (χ1n) is 6.52. The lowest BCUT2D eigenvalue weighted by Crippen LogP contribution is -2.07. The van der Waals surface area contributed by atoms with Gasteiger partial charge in [-0.3, -0.25) is 4.79 Å². The standard InChI is InChI=1S/C14H17N3O3S/c1-3-11-7-16-14(21-9-13(18)19)17(11)8-10-4-5-12(20-2)15-6-10/h4-7H,3,8-9H2,1-2H3,(H,18,19). The fraction of sp³-hybridized carbons (Fsp3) is 0.357. The van der Waals surface area contributed by atoms with E-state index in [-0.39, 0.29) is 5.75 Å². The molecule has 2 heterocycles. The van der Waals surface area contributed by atoms with E-state index >= 15 is 0 Å². The van der Waals surface area contributed by atoms with Gasteiger partial charge in [-0.25, -0.2) is 9.97 Å². The molecule has 2 aromatic heterocycles. The molecular formula is C14H17N3O3S. The molecule has 0 spiro atoms. The number of pyridine rings is 1. The van der Waals surface area contributed by atoms with Gasteiger partial charge >= 0.3 is 5.97 Å². The van der Waals surface area contributed by atoms with E-state index in [9.17, 15) is 4.79 Å². The molecule has 0 aliphatic carbocycles. The molecule has 0 aliphatic rings. The third kappa shape index (κ3) is 3.98. The summed E-state index contributed by atoms with van der Waals surface area (Å²) >= 11 is 1.23. The molecule has 0 saturated carbocycles. The van der Waals surface area contributed by atoms with Crippen molar-refractivity contribution in [3.05, 3.63) is 35.8 Å². The molecular weight excluding hydrogens is 290 g/mol. The van der Waals surface area contributed by atoms with Crippen LogP contribution in [0.2, 0.25) is 0 Å². The maximum absolute atomic E-state index is 10.7. The maximum Gasteiger partial charge on any atom is 0.313 e. The van der Waals surface area contributed by atoms with E-state index in [4.69, 9.17) is 9.84 Å². The van der Waals surface area contributed by atoms with Gasteiger partial charge in [-0.1, -0.05) is 24.8 Å². The fourth-order valence-electron chi connectivity index (χ4n) is 1.89. The highest BCUT2D eigenvalue weighted by molar-refractivity contribution is 7.99. The van der Waals surface area contributed by atoms with Crippen molar-refractivity contribution in [1.82, 2.24) is 14.5 Å². The molecule has 0 bridgehead atoms. The van der Waals surface area contributed by atoms with Crippen LogP contribution < -0.4 is 4.74 Å². The highest BCUT2D eigenvalue weighted by atomic mass is 32.2. The first-order chi connectivity index (χ1) is 10.1. The van der Waals surface area contributed by atoms with E-state index < -0.39 is 5.97 Å². The number of thioether (sulfide) groups is 1. The van der Waals surface area contributed by atoms with E-state index in [0.717, 1.165) is 17.7 Å². The van der Waals surface area contributed by atoms with Crippen molar-refractivity contribution >= 4 is 17.7 Å². The van der Waals surface area contributed by atoms with Gasteiger partial charge < -0.3 is 14.4 Å². The predicted molar refractivity (Wildman–Crippen MR) is 79.9 cm³/mol. The summed E-state index contributed by atoms with van der Waals surface area (Å²) in [5.41, 5.74) is 2.08. The van der Waals surface area contributed by atoms with Gasteiger partial charge in [0, 0.05) is 24.2 Å². The van der Waals surface area contributed by atoms with Crippen LogP contribution in [0.5, 0.6) is 5.88 Å². The molecule has 6 nitrogen and oxygen atoms in total. The lowest BCUT2D eigenvalue weighted by Gasteiger charge is -2.10. The molecule has 0 amide bonds. The van der Waals surface area contributed by atoms with Gasteiger partial charge in [0.15, 0.2) is 5.16 Å². The van der Waals surface area contributed by atoms with Crippen LogP contribution in [-0.4, -0.2) is 38.5 Å². The monoisotopic (exact) mass is 307 g/mol. The molecule has 0 atom stereocenters. The fourth-order valence-corrected chi connectivity index (χ4v) is 2.61. The number of imidazole rings is 1. The van der Waals surface area contributed by atoms with Crippen LogP contribution in [-0.2, 0) is 17.8 Å². The van der Waals surface area contributed by atoms with Crippen LogP contribution in [0.1, 0.15) is 18.2 Å². The molecule has 2 rings (SSSR count). The SMILES string of the molecule is CCc1cnc(SCC(=O)O)n1Cc1ccc(OC)nc1. The van der Waals surface area contributed by atoms with Crippen LogP contribution >= 0.6 is 11.8 Å². The van der Waals surface area contributed by atoms with Crippen molar-refractivity contribution in [3.63, 3.8) is 0 Å². The van der Waals surface area contributed by atoms with Crippen molar-refractivity contribution < 1.29 is 14.6 Å². The average molecular weight is 307 g/mol. The summed E-state index contributed by atoms with van der Waals surface area (Å²) in [6.45, 7) is 2.66. The minimum Gasteiger partial charge on any atom is -0.481 e. The number of methoxy groups -OCH3 is 1. The first-order valence-corrected chi connectivity index (χ1v) is 7.50. The quantitative estimate of drug-likeness (QED) is 0.789. The van der Waals surface area contributed by atoms with E-state index in [1.165, 1.54) is 11.8 Å².